The number of aromatic nitrogens is 2. The average molecular weight is 200 g/mol. The van der Waals surface area contributed by atoms with Gasteiger partial charge in [-0.1, -0.05) is 30.3 Å². The molecule has 3 N–H and O–H groups in total. The molecular formula is C11H12N4. The molecule has 0 radical (unpaired) electrons. The first kappa shape index (κ1) is 9.61. The molecule has 0 bridgehead atoms. The van der Waals surface area contributed by atoms with E-state index in [4.69, 9.17) is 5.84 Å². The lowest BCUT2D eigenvalue weighted by atomic mass is 10.1. The molecule has 1 heterocycles. The maximum Gasteiger partial charge on any atom is 0.163 e. The van der Waals surface area contributed by atoms with E-state index in [1.54, 1.807) is 0 Å². The molecule has 15 heavy (non-hydrogen) atoms. The van der Waals surface area contributed by atoms with Gasteiger partial charge in [-0.05, 0) is 18.6 Å². The molecule has 0 saturated carbocycles. The molecular weight excluding hydrogens is 188 g/mol. The van der Waals surface area contributed by atoms with E-state index in [-0.39, 0.29) is 0 Å². The van der Waals surface area contributed by atoms with Crippen molar-refractivity contribution in [3.8, 4) is 11.1 Å². The van der Waals surface area contributed by atoms with Crippen molar-refractivity contribution < 1.29 is 0 Å². The van der Waals surface area contributed by atoms with Gasteiger partial charge in [0.15, 0.2) is 5.82 Å². The van der Waals surface area contributed by atoms with Crippen LogP contribution in [-0.4, -0.2) is 10.2 Å². The molecule has 1 aromatic heterocycles. The maximum absolute atomic E-state index is 5.29. The van der Waals surface area contributed by atoms with Gasteiger partial charge in [0.1, 0.15) is 0 Å². The molecule has 0 unspecified atom stereocenters. The zero-order valence-corrected chi connectivity index (χ0v) is 8.44. The quantitative estimate of drug-likeness (QED) is 0.572. The van der Waals surface area contributed by atoms with Crippen molar-refractivity contribution in [1.29, 1.82) is 0 Å². The summed E-state index contributed by atoms with van der Waals surface area (Å²) >= 11 is 0. The Morgan fingerprint density at radius 3 is 2.53 bits per heavy atom. The van der Waals surface area contributed by atoms with Crippen LogP contribution in [0.25, 0.3) is 11.1 Å². The molecule has 4 nitrogen and oxygen atoms in total. The summed E-state index contributed by atoms with van der Waals surface area (Å²) in [6.45, 7) is 1.93. The normalized spacial score (nSPS) is 10.0. The van der Waals surface area contributed by atoms with Crippen LogP contribution in [0.2, 0.25) is 0 Å². The third-order valence-corrected chi connectivity index (χ3v) is 2.21. The van der Waals surface area contributed by atoms with Crippen LogP contribution in [0.5, 0.6) is 0 Å². The molecule has 0 aliphatic carbocycles. The van der Waals surface area contributed by atoms with Crippen LogP contribution in [0.3, 0.4) is 0 Å². The minimum Gasteiger partial charge on any atom is -0.307 e. The summed E-state index contributed by atoms with van der Waals surface area (Å²) < 4.78 is 0. The number of anilines is 1. The minimum atomic E-state index is 0.569. The minimum absolute atomic E-state index is 0.569. The van der Waals surface area contributed by atoms with Crippen molar-refractivity contribution in [1.82, 2.24) is 10.2 Å². The average Bonchev–Trinajstić information content (AvgIpc) is 2.31. The summed E-state index contributed by atoms with van der Waals surface area (Å²) in [7, 11) is 0. The van der Waals surface area contributed by atoms with Crippen molar-refractivity contribution in [2.24, 2.45) is 5.84 Å². The highest BCUT2D eigenvalue weighted by atomic mass is 15.3. The topological polar surface area (TPSA) is 63.8 Å². The van der Waals surface area contributed by atoms with E-state index in [0.29, 0.717) is 5.82 Å². The van der Waals surface area contributed by atoms with E-state index in [9.17, 15) is 0 Å². The molecule has 0 atom stereocenters. The van der Waals surface area contributed by atoms with Gasteiger partial charge >= 0.3 is 0 Å². The molecule has 1 aromatic carbocycles. The summed E-state index contributed by atoms with van der Waals surface area (Å²) in [6, 6.07) is 11.9. The fourth-order valence-electron chi connectivity index (χ4n) is 1.43. The molecule has 76 valence electrons. The van der Waals surface area contributed by atoms with E-state index in [0.717, 1.165) is 16.8 Å². The fourth-order valence-corrected chi connectivity index (χ4v) is 1.43. The number of rotatable bonds is 2. The first-order valence-corrected chi connectivity index (χ1v) is 4.67. The van der Waals surface area contributed by atoms with Gasteiger partial charge in [0.25, 0.3) is 0 Å². The van der Waals surface area contributed by atoms with Crippen molar-refractivity contribution >= 4 is 5.82 Å². The molecule has 0 aliphatic rings. The van der Waals surface area contributed by atoms with Crippen LogP contribution < -0.4 is 11.3 Å². The van der Waals surface area contributed by atoms with Gasteiger partial charge < -0.3 is 5.43 Å². The lowest BCUT2D eigenvalue weighted by molar-refractivity contribution is 0.978. The summed E-state index contributed by atoms with van der Waals surface area (Å²) in [5.74, 6) is 5.86. The summed E-state index contributed by atoms with van der Waals surface area (Å²) in [6.07, 6.45) is 0. The van der Waals surface area contributed by atoms with Gasteiger partial charge in [-0.2, -0.15) is 5.10 Å². The van der Waals surface area contributed by atoms with Gasteiger partial charge in [-0.15, -0.1) is 5.10 Å². The lowest BCUT2D eigenvalue weighted by Crippen LogP contribution is -2.09. The standard InChI is InChI=1S/C11H12N4/c1-8-10(7-11(13-12)15-14-8)9-5-3-2-4-6-9/h2-7H,12H2,1H3,(H,13,15). The van der Waals surface area contributed by atoms with Crippen LogP contribution >= 0.6 is 0 Å². The van der Waals surface area contributed by atoms with Gasteiger partial charge in [0.2, 0.25) is 0 Å². The Kier molecular flexibility index (Phi) is 2.60. The second-order valence-electron chi connectivity index (χ2n) is 3.24. The number of nitrogens with two attached hydrogens (primary N) is 1. The smallest absolute Gasteiger partial charge is 0.163 e. The molecule has 0 spiro atoms. The Labute approximate surface area is 88.1 Å². The summed E-state index contributed by atoms with van der Waals surface area (Å²) in [5.41, 5.74) is 5.53. The lowest BCUT2D eigenvalue weighted by Gasteiger charge is -2.06. The molecule has 0 fully saturated rings. The van der Waals surface area contributed by atoms with Crippen molar-refractivity contribution in [3.05, 3.63) is 42.1 Å². The van der Waals surface area contributed by atoms with Crippen LogP contribution in [0.4, 0.5) is 5.82 Å². The monoisotopic (exact) mass is 200 g/mol. The van der Waals surface area contributed by atoms with Crippen LogP contribution in [0.15, 0.2) is 36.4 Å². The van der Waals surface area contributed by atoms with Crippen LogP contribution in [0, 0.1) is 6.92 Å². The van der Waals surface area contributed by atoms with E-state index in [2.05, 4.69) is 15.6 Å². The molecule has 2 aromatic rings. The van der Waals surface area contributed by atoms with Crippen LogP contribution in [0.1, 0.15) is 5.69 Å². The third kappa shape index (κ3) is 1.94. The van der Waals surface area contributed by atoms with Gasteiger partial charge in [-0.3, -0.25) is 0 Å². The number of benzene rings is 1. The number of hydrazine groups is 1. The predicted octanol–water partition coefficient (Wildman–Crippen LogP) is 1.74. The highest BCUT2D eigenvalue weighted by Crippen LogP contribution is 2.22. The highest BCUT2D eigenvalue weighted by molar-refractivity contribution is 5.67. The molecule has 0 saturated heterocycles. The highest BCUT2D eigenvalue weighted by Gasteiger charge is 2.04. The largest absolute Gasteiger partial charge is 0.307 e. The number of nitrogens with one attached hydrogen (secondary N) is 1. The zero-order chi connectivity index (χ0) is 10.7. The van der Waals surface area contributed by atoms with E-state index < -0.39 is 0 Å². The van der Waals surface area contributed by atoms with E-state index >= 15 is 0 Å². The second-order valence-corrected chi connectivity index (χ2v) is 3.24. The van der Waals surface area contributed by atoms with Gasteiger partial charge in [0.05, 0.1) is 5.69 Å². The Morgan fingerprint density at radius 2 is 1.87 bits per heavy atom. The van der Waals surface area contributed by atoms with E-state index in [1.165, 1.54) is 0 Å². The first-order chi connectivity index (χ1) is 7.31. The molecule has 0 aliphatic heterocycles. The van der Waals surface area contributed by atoms with E-state index in [1.807, 2.05) is 43.3 Å². The first-order valence-electron chi connectivity index (χ1n) is 4.67. The van der Waals surface area contributed by atoms with Crippen LogP contribution in [-0.2, 0) is 0 Å². The molecule has 0 amide bonds. The van der Waals surface area contributed by atoms with Crippen molar-refractivity contribution in [2.75, 3.05) is 5.43 Å². The number of hydrogen-bond donors (Lipinski definition) is 2. The Hall–Kier alpha value is -1.94. The maximum atomic E-state index is 5.29. The number of aryl methyl sites for hydroxylation is 1. The Morgan fingerprint density at radius 1 is 1.13 bits per heavy atom. The second kappa shape index (κ2) is 4.06. The Bertz CT molecular complexity index is 453. The number of nitrogen functional groups attached to an aromatic ring is 1. The third-order valence-electron chi connectivity index (χ3n) is 2.21. The fraction of sp³-hybridized carbons (Fsp3) is 0.0909. The van der Waals surface area contributed by atoms with Gasteiger partial charge in [0, 0.05) is 5.56 Å². The summed E-state index contributed by atoms with van der Waals surface area (Å²) in [5, 5.41) is 7.93. The SMILES string of the molecule is Cc1nnc(NN)cc1-c1ccccc1. The van der Waals surface area contributed by atoms with Crippen molar-refractivity contribution in [2.45, 2.75) is 6.92 Å². The summed E-state index contributed by atoms with van der Waals surface area (Å²) in [4.78, 5) is 0. The van der Waals surface area contributed by atoms with Crippen molar-refractivity contribution in [3.63, 3.8) is 0 Å². The zero-order valence-electron chi connectivity index (χ0n) is 8.44. The molecule has 4 heteroatoms. The number of hydrogen-bond acceptors (Lipinski definition) is 4. The Balaban J connectivity index is 2.52. The predicted molar refractivity (Wildman–Crippen MR) is 60.0 cm³/mol. The number of nitrogens with zero attached hydrogens (tertiary/aromatic N) is 2. The molecule has 2 rings (SSSR count). The van der Waals surface area contributed by atoms with Gasteiger partial charge in [-0.25, -0.2) is 5.84 Å².